The molecule has 2 aromatic rings. The SMILES string of the molecule is CCNCc1cc(Cl)ccc1OCc1nnc(C)n1C. The molecule has 0 radical (unpaired) electrons. The zero-order valence-corrected chi connectivity index (χ0v) is 12.7. The lowest BCUT2D eigenvalue weighted by molar-refractivity contribution is 0.287. The Balaban J connectivity index is 2.10. The lowest BCUT2D eigenvalue weighted by Crippen LogP contribution is -2.13. The monoisotopic (exact) mass is 294 g/mol. The minimum Gasteiger partial charge on any atom is -0.485 e. The van der Waals surface area contributed by atoms with Gasteiger partial charge in [0.25, 0.3) is 0 Å². The van der Waals surface area contributed by atoms with Gasteiger partial charge in [0.1, 0.15) is 18.2 Å². The maximum absolute atomic E-state index is 6.03. The molecule has 0 atom stereocenters. The van der Waals surface area contributed by atoms with Gasteiger partial charge in [0.2, 0.25) is 0 Å². The minimum atomic E-state index is 0.387. The van der Waals surface area contributed by atoms with Gasteiger partial charge in [-0.2, -0.15) is 0 Å². The van der Waals surface area contributed by atoms with E-state index in [-0.39, 0.29) is 0 Å². The third-order valence-electron chi connectivity index (χ3n) is 3.13. The quantitative estimate of drug-likeness (QED) is 0.889. The number of rotatable bonds is 6. The lowest BCUT2D eigenvalue weighted by atomic mass is 10.2. The highest BCUT2D eigenvalue weighted by Crippen LogP contribution is 2.23. The van der Waals surface area contributed by atoms with Gasteiger partial charge in [0.15, 0.2) is 5.82 Å². The van der Waals surface area contributed by atoms with Crippen molar-refractivity contribution >= 4 is 11.6 Å². The van der Waals surface area contributed by atoms with Crippen molar-refractivity contribution in [3.63, 3.8) is 0 Å². The van der Waals surface area contributed by atoms with Crippen LogP contribution < -0.4 is 10.1 Å². The molecule has 0 saturated heterocycles. The summed E-state index contributed by atoms with van der Waals surface area (Å²) in [4.78, 5) is 0. The number of hydrogen-bond acceptors (Lipinski definition) is 4. The molecule has 1 aromatic heterocycles. The third kappa shape index (κ3) is 3.49. The van der Waals surface area contributed by atoms with Crippen molar-refractivity contribution in [2.24, 2.45) is 7.05 Å². The van der Waals surface area contributed by atoms with Crippen LogP contribution in [0.3, 0.4) is 0 Å². The first-order chi connectivity index (χ1) is 9.61. The second kappa shape index (κ2) is 6.72. The van der Waals surface area contributed by atoms with Crippen LogP contribution in [0.25, 0.3) is 0 Å². The molecule has 0 aliphatic rings. The van der Waals surface area contributed by atoms with Crippen LogP contribution in [0, 0.1) is 6.92 Å². The summed E-state index contributed by atoms with van der Waals surface area (Å²) in [5.74, 6) is 2.48. The molecule has 0 fully saturated rings. The van der Waals surface area contributed by atoms with E-state index >= 15 is 0 Å². The summed E-state index contributed by atoms with van der Waals surface area (Å²) in [5, 5.41) is 12.1. The van der Waals surface area contributed by atoms with Gasteiger partial charge in [0, 0.05) is 24.2 Å². The van der Waals surface area contributed by atoms with E-state index < -0.39 is 0 Å². The van der Waals surface area contributed by atoms with E-state index in [1.807, 2.05) is 36.7 Å². The lowest BCUT2D eigenvalue weighted by Gasteiger charge is -2.12. The normalized spacial score (nSPS) is 10.8. The first-order valence-corrected chi connectivity index (χ1v) is 6.96. The first-order valence-electron chi connectivity index (χ1n) is 6.58. The number of aromatic nitrogens is 3. The van der Waals surface area contributed by atoms with Crippen LogP contribution in [0.5, 0.6) is 5.75 Å². The smallest absolute Gasteiger partial charge is 0.170 e. The molecule has 108 valence electrons. The highest BCUT2D eigenvalue weighted by molar-refractivity contribution is 6.30. The molecular weight excluding hydrogens is 276 g/mol. The Bertz CT molecular complexity index is 583. The highest BCUT2D eigenvalue weighted by Gasteiger charge is 2.08. The Morgan fingerprint density at radius 1 is 1.35 bits per heavy atom. The number of benzene rings is 1. The van der Waals surface area contributed by atoms with Crippen molar-refractivity contribution in [3.05, 3.63) is 40.4 Å². The second-order valence-electron chi connectivity index (χ2n) is 4.54. The Morgan fingerprint density at radius 2 is 2.15 bits per heavy atom. The Morgan fingerprint density at radius 3 is 2.80 bits per heavy atom. The topological polar surface area (TPSA) is 52.0 Å². The molecule has 5 nitrogen and oxygen atoms in total. The zero-order valence-electron chi connectivity index (χ0n) is 12.0. The average molecular weight is 295 g/mol. The summed E-state index contributed by atoms with van der Waals surface area (Å²) in [6.07, 6.45) is 0. The molecule has 0 spiro atoms. The van der Waals surface area contributed by atoms with Gasteiger partial charge in [-0.3, -0.25) is 0 Å². The summed E-state index contributed by atoms with van der Waals surface area (Å²) in [7, 11) is 1.93. The summed E-state index contributed by atoms with van der Waals surface area (Å²) in [6.45, 7) is 5.99. The summed E-state index contributed by atoms with van der Waals surface area (Å²) in [6, 6.07) is 5.63. The van der Waals surface area contributed by atoms with Gasteiger partial charge < -0.3 is 14.6 Å². The van der Waals surface area contributed by atoms with Crippen LogP contribution in [-0.2, 0) is 20.2 Å². The van der Waals surface area contributed by atoms with Crippen LogP contribution in [0.2, 0.25) is 5.02 Å². The Labute approximate surface area is 123 Å². The van der Waals surface area contributed by atoms with E-state index in [2.05, 4.69) is 22.4 Å². The van der Waals surface area contributed by atoms with E-state index in [0.717, 1.165) is 36.1 Å². The number of halogens is 1. The molecule has 1 aromatic carbocycles. The first kappa shape index (κ1) is 14.8. The van der Waals surface area contributed by atoms with Gasteiger partial charge in [0.05, 0.1) is 0 Å². The van der Waals surface area contributed by atoms with Crippen molar-refractivity contribution in [2.45, 2.75) is 27.0 Å². The molecule has 0 saturated carbocycles. The molecule has 0 amide bonds. The number of aryl methyl sites for hydroxylation is 1. The number of nitrogens with one attached hydrogen (secondary N) is 1. The van der Waals surface area contributed by atoms with Gasteiger partial charge in [-0.25, -0.2) is 0 Å². The van der Waals surface area contributed by atoms with E-state index in [1.165, 1.54) is 0 Å². The second-order valence-corrected chi connectivity index (χ2v) is 4.98. The maximum Gasteiger partial charge on any atom is 0.170 e. The fraction of sp³-hybridized carbons (Fsp3) is 0.429. The van der Waals surface area contributed by atoms with E-state index in [1.54, 1.807) is 0 Å². The predicted octanol–water partition coefficient (Wildman–Crippen LogP) is 2.47. The molecular formula is C14H19ClN4O. The van der Waals surface area contributed by atoms with Crippen molar-refractivity contribution in [1.82, 2.24) is 20.1 Å². The summed E-state index contributed by atoms with van der Waals surface area (Å²) in [5.41, 5.74) is 1.04. The van der Waals surface area contributed by atoms with Crippen LogP contribution in [0.15, 0.2) is 18.2 Å². The molecule has 0 bridgehead atoms. The van der Waals surface area contributed by atoms with Gasteiger partial charge in [-0.1, -0.05) is 18.5 Å². The average Bonchev–Trinajstić information content (AvgIpc) is 2.75. The summed E-state index contributed by atoms with van der Waals surface area (Å²) >= 11 is 6.03. The maximum atomic E-state index is 6.03. The Kier molecular flexibility index (Phi) is 4.98. The van der Waals surface area contributed by atoms with Gasteiger partial charge in [-0.15, -0.1) is 10.2 Å². The molecule has 20 heavy (non-hydrogen) atoms. The van der Waals surface area contributed by atoms with E-state index in [9.17, 15) is 0 Å². The molecule has 1 N–H and O–H groups in total. The van der Waals surface area contributed by atoms with E-state index in [4.69, 9.17) is 16.3 Å². The molecule has 1 heterocycles. The van der Waals surface area contributed by atoms with E-state index in [0.29, 0.717) is 11.6 Å². The molecule has 2 rings (SSSR count). The summed E-state index contributed by atoms with van der Waals surface area (Å²) < 4.78 is 7.76. The molecule has 0 unspecified atom stereocenters. The molecule has 0 aliphatic carbocycles. The standard InChI is InChI=1S/C14H19ClN4O/c1-4-16-8-11-7-12(15)5-6-13(11)20-9-14-18-17-10(2)19(14)3/h5-7,16H,4,8-9H2,1-3H3. The minimum absolute atomic E-state index is 0.387. The van der Waals surface area contributed by atoms with Crippen LogP contribution in [0.1, 0.15) is 24.1 Å². The predicted molar refractivity (Wildman–Crippen MR) is 78.9 cm³/mol. The van der Waals surface area contributed by atoms with Crippen molar-refractivity contribution in [2.75, 3.05) is 6.54 Å². The largest absolute Gasteiger partial charge is 0.485 e. The fourth-order valence-electron chi connectivity index (χ4n) is 1.81. The van der Waals surface area contributed by atoms with Crippen molar-refractivity contribution in [1.29, 1.82) is 0 Å². The van der Waals surface area contributed by atoms with Crippen LogP contribution in [0.4, 0.5) is 0 Å². The fourth-order valence-corrected chi connectivity index (χ4v) is 2.00. The molecule has 6 heteroatoms. The van der Waals surface area contributed by atoms with Crippen molar-refractivity contribution in [3.8, 4) is 5.75 Å². The number of nitrogens with zero attached hydrogens (tertiary/aromatic N) is 3. The number of hydrogen-bond donors (Lipinski definition) is 1. The third-order valence-corrected chi connectivity index (χ3v) is 3.36. The Hall–Kier alpha value is -1.59. The van der Waals surface area contributed by atoms with Gasteiger partial charge in [-0.05, 0) is 31.7 Å². The van der Waals surface area contributed by atoms with Crippen LogP contribution >= 0.6 is 11.6 Å². The molecule has 0 aliphatic heterocycles. The van der Waals surface area contributed by atoms with Crippen LogP contribution in [-0.4, -0.2) is 21.3 Å². The highest BCUT2D eigenvalue weighted by atomic mass is 35.5. The zero-order chi connectivity index (χ0) is 14.5. The van der Waals surface area contributed by atoms with Crippen molar-refractivity contribution < 1.29 is 4.74 Å². The van der Waals surface area contributed by atoms with Gasteiger partial charge >= 0.3 is 0 Å². The number of ether oxygens (including phenoxy) is 1.